The molecule has 10 heteroatoms. The molecule has 4 amide bonds. The first-order chi connectivity index (χ1) is 13.2. The first-order valence-corrected chi connectivity index (χ1v) is 9.71. The average Bonchev–Trinajstić information content (AvgIpc) is 2.87. The highest BCUT2D eigenvalue weighted by Gasteiger charge is 2.47. The van der Waals surface area contributed by atoms with E-state index in [9.17, 15) is 19.2 Å². The van der Waals surface area contributed by atoms with E-state index >= 15 is 0 Å². The van der Waals surface area contributed by atoms with Crippen molar-refractivity contribution in [3.63, 3.8) is 0 Å². The Balaban J connectivity index is 1.72. The van der Waals surface area contributed by atoms with Gasteiger partial charge >= 0.3 is 6.03 Å². The number of imide groups is 1. The number of thioether (sulfide) groups is 1. The van der Waals surface area contributed by atoms with Crippen LogP contribution in [0.3, 0.4) is 0 Å². The van der Waals surface area contributed by atoms with Crippen LogP contribution in [0.2, 0.25) is 0 Å². The van der Waals surface area contributed by atoms with Gasteiger partial charge in [-0.2, -0.15) is 5.01 Å². The highest BCUT2D eigenvalue weighted by atomic mass is 32.2. The average molecular weight is 403 g/mol. The topological polar surface area (TPSA) is 113 Å². The van der Waals surface area contributed by atoms with E-state index in [4.69, 9.17) is 0 Å². The Labute approximate surface area is 165 Å². The molecule has 1 aromatic carbocycles. The van der Waals surface area contributed by atoms with Crippen LogP contribution < -0.4 is 16.3 Å². The van der Waals surface area contributed by atoms with Gasteiger partial charge in [0.25, 0.3) is 11.5 Å². The number of urea groups is 1. The van der Waals surface area contributed by atoms with Gasteiger partial charge in [0.1, 0.15) is 5.54 Å². The smallest absolute Gasteiger partial charge is 0.322 e. The normalized spacial score (nSPS) is 19.2. The van der Waals surface area contributed by atoms with Gasteiger partial charge < -0.3 is 5.32 Å². The number of rotatable bonds is 5. The minimum Gasteiger partial charge on any atom is -0.322 e. The lowest BCUT2D eigenvalue weighted by molar-refractivity contribution is -0.137. The van der Waals surface area contributed by atoms with Gasteiger partial charge in [-0.1, -0.05) is 30.3 Å². The zero-order chi connectivity index (χ0) is 20.6. The molecule has 0 bridgehead atoms. The number of hydrogen-bond acceptors (Lipinski definition) is 6. The number of carbonyl (C=O) groups excluding carboxylic acids is 3. The SMILES string of the molecule is CC[C@@]1(C)NC(=O)N(NC(=O)CSc2nc3ccc(C)cc3c(=O)n2C)C1=O. The minimum absolute atomic E-state index is 0.114. The maximum absolute atomic E-state index is 12.5. The Hall–Kier alpha value is -2.88. The first-order valence-electron chi connectivity index (χ1n) is 8.72. The lowest BCUT2D eigenvalue weighted by Crippen LogP contribution is -2.49. The van der Waals surface area contributed by atoms with Crippen molar-refractivity contribution in [3.8, 4) is 0 Å². The number of hydrazine groups is 1. The number of aryl methyl sites for hydroxylation is 1. The summed E-state index contributed by atoms with van der Waals surface area (Å²) in [5, 5.41) is 4.13. The van der Waals surface area contributed by atoms with Crippen LogP contribution in [0.25, 0.3) is 10.9 Å². The number of hydrogen-bond donors (Lipinski definition) is 2. The molecule has 1 fully saturated rings. The van der Waals surface area contributed by atoms with E-state index in [1.807, 2.05) is 13.0 Å². The van der Waals surface area contributed by atoms with Crippen molar-refractivity contribution in [2.45, 2.75) is 37.9 Å². The highest BCUT2D eigenvalue weighted by Crippen LogP contribution is 2.20. The largest absolute Gasteiger partial charge is 0.344 e. The molecule has 0 unspecified atom stereocenters. The van der Waals surface area contributed by atoms with Crippen molar-refractivity contribution in [1.82, 2.24) is 25.3 Å². The molecule has 2 aromatic rings. The van der Waals surface area contributed by atoms with Crippen molar-refractivity contribution in [1.29, 1.82) is 0 Å². The number of fused-ring (bicyclic) bond motifs is 1. The van der Waals surface area contributed by atoms with Gasteiger partial charge in [0.2, 0.25) is 5.91 Å². The second-order valence-corrected chi connectivity index (χ2v) is 7.80. The molecule has 148 valence electrons. The quantitative estimate of drug-likeness (QED) is 0.439. The Morgan fingerprint density at radius 2 is 2.04 bits per heavy atom. The predicted octanol–water partition coefficient (Wildman–Crippen LogP) is 1.09. The van der Waals surface area contributed by atoms with Gasteiger partial charge in [0.05, 0.1) is 16.7 Å². The molecule has 0 aliphatic carbocycles. The summed E-state index contributed by atoms with van der Waals surface area (Å²) >= 11 is 1.05. The van der Waals surface area contributed by atoms with E-state index in [-0.39, 0.29) is 11.3 Å². The van der Waals surface area contributed by atoms with Gasteiger partial charge in [-0.15, -0.1) is 0 Å². The predicted molar refractivity (Wildman–Crippen MR) is 105 cm³/mol. The highest BCUT2D eigenvalue weighted by molar-refractivity contribution is 7.99. The summed E-state index contributed by atoms with van der Waals surface area (Å²) in [5.41, 5.74) is 2.58. The van der Waals surface area contributed by atoms with Crippen molar-refractivity contribution >= 4 is 40.5 Å². The van der Waals surface area contributed by atoms with Gasteiger partial charge in [-0.3, -0.25) is 24.4 Å². The Morgan fingerprint density at radius 1 is 1.32 bits per heavy atom. The number of nitrogens with one attached hydrogen (secondary N) is 2. The maximum atomic E-state index is 12.5. The third-order valence-electron chi connectivity index (χ3n) is 4.73. The molecule has 1 aromatic heterocycles. The van der Waals surface area contributed by atoms with E-state index < -0.39 is 23.4 Å². The Bertz CT molecular complexity index is 1050. The standard InChI is InChI=1S/C18H21N5O4S/c1-5-18(3)15(26)23(16(27)20-18)21-13(24)9-28-17-19-12-7-6-10(2)8-11(12)14(25)22(17)4/h6-8H,5,9H2,1-4H3,(H,20,27)(H,21,24)/t18-/m1/s1. The molecule has 2 N–H and O–H groups in total. The van der Waals surface area contributed by atoms with Crippen LogP contribution in [0, 0.1) is 6.92 Å². The molecular formula is C18H21N5O4S. The molecule has 1 aliphatic rings. The number of benzene rings is 1. The summed E-state index contributed by atoms with van der Waals surface area (Å²) in [7, 11) is 1.58. The van der Waals surface area contributed by atoms with Crippen molar-refractivity contribution in [3.05, 3.63) is 34.1 Å². The molecule has 0 saturated carbocycles. The fourth-order valence-electron chi connectivity index (χ4n) is 2.81. The molecule has 1 saturated heterocycles. The minimum atomic E-state index is -1.03. The van der Waals surface area contributed by atoms with Crippen molar-refractivity contribution in [2.24, 2.45) is 7.05 Å². The van der Waals surface area contributed by atoms with Crippen LogP contribution in [-0.2, 0) is 16.6 Å². The van der Waals surface area contributed by atoms with E-state index in [1.54, 1.807) is 33.0 Å². The van der Waals surface area contributed by atoms with Crippen molar-refractivity contribution < 1.29 is 14.4 Å². The summed E-state index contributed by atoms with van der Waals surface area (Å²) in [6.45, 7) is 5.27. The molecule has 9 nitrogen and oxygen atoms in total. The lowest BCUT2D eigenvalue weighted by atomic mass is 10.00. The Morgan fingerprint density at radius 3 is 2.68 bits per heavy atom. The molecular weight excluding hydrogens is 382 g/mol. The molecule has 1 atom stereocenters. The fraction of sp³-hybridized carbons (Fsp3) is 0.389. The zero-order valence-electron chi connectivity index (χ0n) is 16.0. The molecule has 2 heterocycles. The van der Waals surface area contributed by atoms with E-state index in [0.717, 1.165) is 17.3 Å². The monoisotopic (exact) mass is 403 g/mol. The van der Waals surface area contributed by atoms with Gasteiger partial charge in [-0.25, -0.2) is 9.78 Å². The number of carbonyl (C=O) groups is 3. The fourth-order valence-corrected chi connectivity index (χ4v) is 3.57. The lowest BCUT2D eigenvalue weighted by Gasteiger charge is -2.19. The maximum Gasteiger partial charge on any atom is 0.344 e. The van der Waals surface area contributed by atoms with E-state index in [0.29, 0.717) is 27.5 Å². The van der Waals surface area contributed by atoms with Crippen molar-refractivity contribution in [2.75, 3.05) is 5.75 Å². The van der Waals surface area contributed by atoms with Crippen LogP contribution in [0.5, 0.6) is 0 Å². The van der Waals surface area contributed by atoms with E-state index in [1.165, 1.54) is 4.57 Å². The van der Waals surface area contributed by atoms with Crippen LogP contribution in [0.4, 0.5) is 4.79 Å². The second-order valence-electron chi connectivity index (χ2n) is 6.86. The molecule has 28 heavy (non-hydrogen) atoms. The molecule has 3 rings (SSSR count). The first kappa shape index (κ1) is 19.9. The van der Waals surface area contributed by atoms with Gasteiger partial charge in [0, 0.05) is 7.05 Å². The van der Waals surface area contributed by atoms with Crippen LogP contribution in [-0.4, -0.2) is 43.7 Å². The number of aromatic nitrogens is 2. The van der Waals surface area contributed by atoms with Crippen LogP contribution in [0.15, 0.2) is 28.2 Å². The second kappa shape index (κ2) is 7.27. The van der Waals surface area contributed by atoms with Crippen LogP contribution >= 0.6 is 11.8 Å². The summed E-state index contributed by atoms with van der Waals surface area (Å²) in [4.78, 5) is 53.5. The third-order valence-corrected chi connectivity index (χ3v) is 5.76. The summed E-state index contributed by atoms with van der Waals surface area (Å²) in [5.74, 6) is -1.17. The van der Waals surface area contributed by atoms with Crippen LogP contribution in [0.1, 0.15) is 25.8 Å². The Kier molecular flexibility index (Phi) is 5.16. The summed E-state index contributed by atoms with van der Waals surface area (Å²) in [6.07, 6.45) is 0.404. The number of nitrogens with zero attached hydrogens (tertiary/aromatic N) is 3. The van der Waals surface area contributed by atoms with E-state index in [2.05, 4.69) is 15.7 Å². The number of amides is 4. The summed E-state index contributed by atoms with van der Waals surface area (Å²) < 4.78 is 1.38. The molecule has 0 radical (unpaired) electrons. The molecule has 0 spiro atoms. The summed E-state index contributed by atoms with van der Waals surface area (Å²) in [6, 6.07) is 4.72. The van der Waals surface area contributed by atoms with Gasteiger partial charge in [-0.05, 0) is 32.4 Å². The molecule has 1 aliphatic heterocycles. The zero-order valence-corrected chi connectivity index (χ0v) is 16.8. The van der Waals surface area contributed by atoms with Gasteiger partial charge in [0.15, 0.2) is 5.16 Å². The third kappa shape index (κ3) is 3.47.